The molecule has 0 saturated heterocycles. The van der Waals surface area contributed by atoms with E-state index < -0.39 is 0 Å². The number of para-hydroxylation sites is 1. The van der Waals surface area contributed by atoms with Crippen LogP contribution < -0.4 is 5.32 Å². The van der Waals surface area contributed by atoms with Crippen LogP contribution in [0.3, 0.4) is 0 Å². The number of benzene rings is 1. The van der Waals surface area contributed by atoms with E-state index in [1.807, 2.05) is 26.0 Å². The number of rotatable bonds is 6. The van der Waals surface area contributed by atoms with Crippen LogP contribution in [0.15, 0.2) is 30.5 Å². The number of amides is 1. The van der Waals surface area contributed by atoms with Crippen molar-refractivity contribution in [2.45, 2.75) is 26.3 Å². The summed E-state index contributed by atoms with van der Waals surface area (Å²) in [6.07, 6.45) is 2.04. The molecular weight excluding hydrogens is 304 g/mol. The second kappa shape index (κ2) is 7.38. The van der Waals surface area contributed by atoms with Crippen molar-refractivity contribution in [3.05, 3.63) is 41.2 Å². The largest absolute Gasteiger partial charge is 0.396 e. The third-order valence-corrected chi connectivity index (χ3v) is 3.71. The number of hydrogen-bond acceptors (Lipinski definition) is 4. The predicted octanol–water partition coefficient (Wildman–Crippen LogP) is 2.06. The van der Waals surface area contributed by atoms with Crippen LogP contribution in [0.1, 0.15) is 30.8 Å². The van der Waals surface area contributed by atoms with E-state index in [-0.39, 0.29) is 30.2 Å². The molecular formula is C15H19ClN4O2. The Morgan fingerprint density at radius 3 is 2.77 bits per heavy atom. The Bertz CT molecular complexity index is 642. The molecule has 1 heterocycles. The molecule has 0 aliphatic heterocycles. The maximum atomic E-state index is 12.2. The Balaban J connectivity index is 2.14. The van der Waals surface area contributed by atoms with Crippen molar-refractivity contribution in [2.75, 3.05) is 6.61 Å². The average molecular weight is 323 g/mol. The topological polar surface area (TPSA) is 80.0 Å². The molecule has 22 heavy (non-hydrogen) atoms. The molecule has 7 heteroatoms. The second-order valence-corrected chi connectivity index (χ2v) is 5.74. The molecule has 1 aromatic carbocycles. The van der Waals surface area contributed by atoms with Gasteiger partial charge in [0.1, 0.15) is 0 Å². The zero-order chi connectivity index (χ0) is 16.1. The number of nitrogens with one attached hydrogen (secondary N) is 1. The standard InChI is InChI=1S/C15H19ClN4O2/c1-10(2)12(7-8-21)17-15(22)13-9-20(19-18-13)14-6-4-3-5-11(14)16/h3-6,9-10,12,21H,7-8H2,1-2H3,(H,17,22). The fourth-order valence-corrected chi connectivity index (χ4v) is 2.30. The normalized spacial score (nSPS) is 12.4. The summed E-state index contributed by atoms with van der Waals surface area (Å²) in [5.74, 6) is -0.0971. The molecule has 0 bridgehead atoms. The van der Waals surface area contributed by atoms with Crippen LogP contribution in [0.2, 0.25) is 5.02 Å². The van der Waals surface area contributed by atoms with Gasteiger partial charge < -0.3 is 10.4 Å². The van der Waals surface area contributed by atoms with E-state index in [1.165, 1.54) is 10.9 Å². The summed E-state index contributed by atoms with van der Waals surface area (Å²) in [4.78, 5) is 12.2. The van der Waals surface area contributed by atoms with Crippen LogP contribution in [0.4, 0.5) is 0 Å². The van der Waals surface area contributed by atoms with Crippen molar-refractivity contribution >= 4 is 17.5 Å². The van der Waals surface area contributed by atoms with E-state index in [0.717, 1.165) is 0 Å². The van der Waals surface area contributed by atoms with Crippen LogP contribution in [-0.4, -0.2) is 38.7 Å². The number of aromatic nitrogens is 3. The minimum absolute atomic E-state index is 0.0233. The minimum Gasteiger partial charge on any atom is -0.396 e. The van der Waals surface area contributed by atoms with E-state index in [1.54, 1.807) is 12.1 Å². The zero-order valence-electron chi connectivity index (χ0n) is 12.5. The average Bonchev–Trinajstić information content (AvgIpc) is 2.96. The van der Waals surface area contributed by atoms with Gasteiger partial charge in [0, 0.05) is 12.6 Å². The van der Waals surface area contributed by atoms with Crippen LogP contribution >= 0.6 is 11.6 Å². The molecule has 0 radical (unpaired) electrons. The summed E-state index contributed by atoms with van der Waals surface area (Å²) in [5, 5.41) is 20.3. The summed E-state index contributed by atoms with van der Waals surface area (Å²) in [5.41, 5.74) is 0.870. The van der Waals surface area contributed by atoms with Gasteiger partial charge in [-0.05, 0) is 24.5 Å². The first-order chi connectivity index (χ1) is 10.5. The van der Waals surface area contributed by atoms with Gasteiger partial charge in [0.25, 0.3) is 5.91 Å². The molecule has 0 fully saturated rings. The monoisotopic (exact) mass is 322 g/mol. The Hall–Kier alpha value is -1.92. The molecule has 6 nitrogen and oxygen atoms in total. The first-order valence-corrected chi connectivity index (χ1v) is 7.49. The fourth-order valence-electron chi connectivity index (χ4n) is 2.08. The van der Waals surface area contributed by atoms with Gasteiger partial charge in [0.15, 0.2) is 5.69 Å². The number of hydrogen-bond donors (Lipinski definition) is 2. The van der Waals surface area contributed by atoms with Crippen LogP contribution in [0, 0.1) is 5.92 Å². The smallest absolute Gasteiger partial charge is 0.273 e. The molecule has 2 aromatic rings. The highest BCUT2D eigenvalue weighted by atomic mass is 35.5. The number of carbonyl (C=O) groups is 1. The lowest BCUT2D eigenvalue weighted by Crippen LogP contribution is -2.39. The molecule has 1 amide bonds. The Morgan fingerprint density at radius 2 is 2.14 bits per heavy atom. The lowest BCUT2D eigenvalue weighted by atomic mass is 10.0. The molecule has 2 rings (SSSR count). The van der Waals surface area contributed by atoms with Gasteiger partial charge in [0.2, 0.25) is 0 Å². The van der Waals surface area contributed by atoms with Crippen LogP contribution in [0.25, 0.3) is 5.69 Å². The summed E-state index contributed by atoms with van der Waals surface area (Å²) in [6.45, 7) is 4.00. The molecule has 1 unspecified atom stereocenters. The maximum Gasteiger partial charge on any atom is 0.273 e. The number of aliphatic hydroxyl groups excluding tert-OH is 1. The molecule has 1 atom stereocenters. The van der Waals surface area contributed by atoms with Gasteiger partial charge >= 0.3 is 0 Å². The van der Waals surface area contributed by atoms with Crippen molar-refractivity contribution in [2.24, 2.45) is 5.92 Å². The van der Waals surface area contributed by atoms with Crippen LogP contribution in [-0.2, 0) is 0 Å². The van der Waals surface area contributed by atoms with Gasteiger partial charge in [0.05, 0.1) is 16.9 Å². The first-order valence-electron chi connectivity index (χ1n) is 7.12. The third-order valence-electron chi connectivity index (χ3n) is 3.39. The highest BCUT2D eigenvalue weighted by Gasteiger charge is 2.19. The lowest BCUT2D eigenvalue weighted by molar-refractivity contribution is 0.0911. The van der Waals surface area contributed by atoms with E-state index >= 15 is 0 Å². The van der Waals surface area contributed by atoms with Gasteiger partial charge in [-0.15, -0.1) is 5.10 Å². The molecule has 2 N–H and O–H groups in total. The number of halogens is 1. The van der Waals surface area contributed by atoms with E-state index in [4.69, 9.17) is 16.7 Å². The molecule has 0 aliphatic rings. The zero-order valence-corrected chi connectivity index (χ0v) is 13.3. The van der Waals surface area contributed by atoms with Crippen molar-refractivity contribution < 1.29 is 9.90 Å². The molecule has 0 saturated carbocycles. The van der Waals surface area contributed by atoms with Crippen LogP contribution in [0.5, 0.6) is 0 Å². The Kier molecular flexibility index (Phi) is 5.51. The Morgan fingerprint density at radius 1 is 1.41 bits per heavy atom. The fraction of sp³-hybridized carbons (Fsp3) is 0.400. The molecule has 0 aliphatic carbocycles. The lowest BCUT2D eigenvalue weighted by Gasteiger charge is -2.20. The number of aliphatic hydroxyl groups is 1. The van der Waals surface area contributed by atoms with E-state index in [2.05, 4.69) is 15.6 Å². The number of nitrogens with zero attached hydrogens (tertiary/aromatic N) is 3. The number of carbonyl (C=O) groups excluding carboxylic acids is 1. The first kappa shape index (κ1) is 16.5. The van der Waals surface area contributed by atoms with E-state index in [9.17, 15) is 4.79 Å². The summed E-state index contributed by atoms with van der Waals surface area (Å²) >= 11 is 6.10. The third kappa shape index (κ3) is 3.84. The molecule has 1 aromatic heterocycles. The van der Waals surface area contributed by atoms with Gasteiger partial charge in [-0.3, -0.25) is 4.79 Å². The maximum absolute atomic E-state index is 12.2. The van der Waals surface area contributed by atoms with Crippen molar-refractivity contribution in [3.8, 4) is 5.69 Å². The van der Waals surface area contributed by atoms with E-state index in [0.29, 0.717) is 17.1 Å². The summed E-state index contributed by atoms with van der Waals surface area (Å²) < 4.78 is 1.47. The van der Waals surface area contributed by atoms with Crippen molar-refractivity contribution in [3.63, 3.8) is 0 Å². The minimum atomic E-state index is -0.314. The SMILES string of the molecule is CC(C)C(CCO)NC(=O)c1cn(-c2ccccc2Cl)nn1. The highest BCUT2D eigenvalue weighted by Crippen LogP contribution is 2.18. The highest BCUT2D eigenvalue weighted by molar-refractivity contribution is 6.32. The van der Waals surface area contributed by atoms with Crippen molar-refractivity contribution in [1.29, 1.82) is 0 Å². The summed E-state index contributed by atoms with van der Waals surface area (Å²) in [6, 6.07) is 7.08. The molecule has 0 spiro atoms. The molecule has 118 valence electrons. The Labute approximate surface area is 134 Å². The van der Waals surface area contributed by atoms with Crippen molar-refractivity contribution in [1.82, 2.24) is 20.3 Å². The second-order valence-electron chi connectivity index (χ2n) is 5.34. The quantitative estimate of drug-likeness (QED) is 0.853. The predicted molar refractivity (Wildman–Crippen MR) is 84.2 cm³/mol. The van der Waals surface area contributed by atoms with Gasteiger partial charge in [-0.1, -0.05) is 42.8 Å². The van der Waals surface area contributed by atoms with Gasteiger partial charge in [-0.25, -0.2) is 4.68 Å². The van der Waals surface area contributed by atoms with Gasteiger partial charge in [-0.2, -0.15) is 0 Å². The summed E-state index contributed by atoms with van der Waals surface area (Å²) in [7, 11) is 0.